The number of nitrogens with zero attached hydrogens (tertiary/aromatic N) is 3. The maximum absolute atomic E-state index is 12.8. The lowest BCUT2D eigenvalue weighted by molar-refractivity contribution is -0.137. The molecule has 2 aromatic heterocycles. The van der Waals surface area contributed by atoms with E-state index in [1.165, 1.54) is 23.8 Å². The van der Waals surface area contributed by atoms with Crippen molar-refractivity contribution in [3.8, 4) is 0 Å². The van der Waals surface area contributed by atoms with Gasteiger partial charge in [-0.1, -0.05) is 12.1 Å². The quantitative estimate of drug-likeness (QED) is 0.658. The Balaban J connectivity index is 1.82. The van der Waals surface area contributed by atoms with E-state index in [1.54, 1.807) is 18.2 Å². The lowest BCUT2D eigenvalue weighted by Gasteiger charge is -2.12. The number of fused-ring (bicyclic) bond motifs is 1. The number of benzene rings is 1. The predicted molar refractivity (Wildman–Crippen MR) is 101 cm³/mol. The average Bonchev–Trinajstić information content (AvgIpc) is 2.67. The highest BCUT2D eigenvalue weighted by Gasteiger charge is 2.30. The van der Waals surface area contributed by atoms with Crippen LogP contribution < -0.4 is 16.2 Å². The zero-order valence-electron chi connectivity index (χ0n) is 15.5. The Morgan fingerprint density at radius 3 is 2.72 bits per heavy atom. The Morgan fingerprint density at radius 1 is 1.21 bits per heavy atom. The van der Waals surface area contributed by atoms with Crippen LogP contribution >= 0.6 is 0 Å². The molecule has 0 spiro atoms. The molecule has 1 aromatic carbocycles. The molecule has 0 aliphatic heterocycles. The molecule has 1 amide bonds. The minimum Gasteiger partial charge on any atom is -0.366 e. The van der Waals surface area contributed by atoms with E-state index < -0.39 is 11.7 Å². The monoisotopic (exact) mass is 405 g/mol. The fourth-order valence-electron chi connectivity index (χ4n) is 2.75. The van der Waals surface area contributed by atoms with Gasteiger partial charge in [-0.3, -0.25) is 14.2 Å². The zero-order valence-corrected chi connectivity index (χ0v) is 15.5. The van der Waals surface area contributed by atoms with Crippen LogP contribution in [0.25, 0.3) is 11.2 Å². The zero-order chi connectivity index (χ0) is 21.0. The summed E-state index contributed by atoms with van der Waals surface area (Å²) in [4.78, 5) is 31.6. The van der Waals surface area contributed by atoms with E-state index in [0.717, 1.165) is 12.1 Å². The molecule has 3 aromatic rings. The lowest BCUT2D eigenvalue weighted by Crippen LogP contribution is -2.30. The third-order valence-electron chi connectivity index (χ3n) is 4.13. The summed E-state index contributed by atoms with van der Waals surface area (Å²) >= 11 is 0. The summed E-state index contributed by atoms with van der Waals surface area (Å²) < 4.78 is 39.9. The first-order chi connectivity index (χ1) is 13.7. The number of rotatable bonds is 6. The van der Waals surface area contributed by atoms with Gasteiger partial charge in [0.25, 0.3) is 5.56 Å². The Morgan fingerprint density at radius 2 is 2.00 bits per heavy atom. The number of hydrogen-bond acceptors (Lipinski definition) is 5. The van der Waals surface area contributed by atoms with Gasteiger partial charge < -0.3 is 10.6 Å². The number of nitrogens with one attached hydrogen (secondary N) is 2. The molecule has 7 nitrogen and oxygen atoms in total. The maximum atomic E-state index is 12.8. The molecule has 10 heteroatoms. The molecule has 0 radical (unpaired) electrons. The third-order valence-corrected chi connectivity index (χ3v) is 4.13. The van der Waals surface area contributed by atoms with Gasteiger partial charge in [0.15, 0.2) is 5.65 Å². The van der Waals surface area contributed by atoms with Crippen LogP contribution in [0.15, 0.2) is 47.4 Å². The summed E-state index contributed by atoms with van der Waals surface area (Å²) in [6, 6.07) is 8.29. The van der Waals surface area contributed by atoms with Crippen LogP contribution in [0.1, 0.15) is 18.1 Å². The highest BCUT2D eigenvalue weighted by Crippen LogP contribution is 2.29. The molecule has 0 unspecified atom stereocenters. The molecule has 0 saturated carbocycles. The SMILES string of the molecule is CC(=O)NCCn1c(=O)cnc2ccc(NCc3cccc(C(F)(F)F)c3)nc21. The largest absolute Gasteiger partial charge is 0.416 e. The van der Waals surface area contributed by atoms with Crippen molar-refractivity contribution >= 4 is 22.9 Å². The Hall–Kier alpha value is -3.43. The molecular weight excluding hydrogens is 387 g/mol. The molecule has 3 rings (SSSR count). The van der Waals surface area contributed by atoms with Gasteiger partial charge in [-0.25, -0.2) is 9.97 Å². The molecule has 0 aliphatic carbocycles. The molecule has 0 aliphatic rings. The first kappa shape index (κ1) is 20.3. The maximum Gasteiger partial charge on any atom is 0.416 e. The number of halogens is 3. The number of carbonyl (C=O) groups is 1. The van der Waals surface area contributed by atoms with E-state index in [1.807, 2.05) is 0 Å². The van der Waals surface area contributed by atoms with Crippen LogP contribution in [-0.4, -0.2) is 27.0 Å². The van der Waals surface area contributed by atoms with Gasteiger partial charge in [-0.05, 0) is 29.8 Å². The molecule has 2 N–H and O–H groups in total. The van der Waals surface area contributed by atoms with Gasteiger partial charge in [0.05, 0.1) is 11.8 Å². The van der Waals surface area contributed by atoms with Gasteiger partial charge >= 0.3 is 6.18 Å². The van der Waals surface area contributed by atoms with Crippen molar-refractivity contribution in [1.82, 2.24) is 19.9 Å². The van der Waals surface area contributed by atoms with E-state index in [9.17, 15) is 22.8 Å². The Labute approximate surface area is 163 Å². The standard InChI is InChI=1S/C19H18F3N5O2/c1-12(28)23-7-8-27-17(29)11-24-15-5-6-16(26-18(15)27)25-10-13-3-2-4-14(9-13)19(20,21)22/h2-6,9,11H,7-8,10H2,1H3,(H,23,28)(H,25,26). The van der Waals surface area contributed by atoms with Crippen LogP contribution in [0.5, 0.6) is 0 Å². The first-order valence-electron chi connectivity index (χ1n) is 8.75. The summed E-state index contributed by atoms with van der Waals surface area (Å²) in [5.41, 5.74) is 0.148. The normalized spacial score (nSPS) is 11.4. The highest BCUT2D eigenvalue weighted by molar-refractivity contribution is 5.73. The van der Waals surface area contributed by atoms with E-state index in [-0.39, 0.29) is 31.1 Å². The second kappa shape index (κ2) is 8.29. The molecule has 0 saturated heterocycles. The van der Waals surface area contributed by atoms with E-state index in [2.05, 4.69) is 20.6 Å². The number of amides is 1. The molecule has 29 heavy (non-hydrogen) atoms. The number of alkyl halides is 3. The second-order valence-corrected chi connectivity index (χ2v) is 6.32. The van der Waals surface area contributed by atoms with E-state index in [0.29, 0.717) is 22.5 Å². The lowest BCUT2D eigenvalue weighted by atomic mass is 10.1. The molecule has 152 valence electrons. The summed E-state index contributed by atoms with van der Waals surface area (Å²) in [5, 5.41) is 5.57. The summed E-state index contributed by atoms with van der Waals surface area (Å²) in [7, 11) is 0. The van der Waals surface area contributed by atoms with Crippen LogP contribution in [0.3, 0.4) is 0 Å². The minimum absolute atomic E-state index is 0.124. The summed E-state index contributed by atoms with van der Waals surface area (Å²) in [6.07, 6.45) is -3.24. The van der Waals surface area contributed by atoms with Crippen molar-refractivity contribution in [3.63, 3.8) is 0 Å². The number of pyridine rings is 1. The van der Waals surface area contributed by atoms with Gasteiger partial charge in [0.1, 0.15) is 11.3 Å². The van der Waals surface area contributed by atoms with E-state index in [4.69, 9.17) is 0 Å². The number of hydrogen-bond donors (Lipinski definition) is 2. The molecule has 0 atom stereocenters. The number of anilines is 1. The van der Waals surface area contributed by atoms with Crippen molar-refractivity contribution in [2.75, 3.05) is 11.9 Å². The van der Waals surface area contributed by atoms with Gasteiger partial charge in [-0.2, -0.15) is 13.2 Å². The van der Waals surface area contributed by atoms with Crippen molar-refractivity contribution < 1.29 is 18.0 Å². The summed E-state index contributed by atoms with van der Waals surface area (Å²) in [6.45, 7) is 1.96. The fraction of sp³-hybridized carbons (Fsp3) is 0.263. The van der Waals surface area contributed by atoms with Gasteiger partial charge in [0.2, 0.25) is 5.91 Å². The van der Waals surface area contributed by atoms with Gasteiger partial charge in [0, 0.05) is 26.6 Å². The molecular formula is C19H18F3N5O2. The second-order valence-electron chi connectivity index (χ2n) is 6.32. The molecule has 0 fully saturated rings. The average molecular weight is 405 g/mol. The predicted octanol–water partition coefficient (Wildman–Crippen LogP) is 2.56. The van der Waals surface area contributed by atoms with Crippen LogP contribution in [-0.2, 0) is 24.1 Å². The third kappa shape index (κ3) is 5.09. The number of aromatic nitrogens is 3. The fourth-order valence-corrected chi connectivity index (χ4v) is 2.75. The molecule has 0 bridgehead atoms. The van der Waals surface area contributed by atoms with Crippen LogP contribution in [0.2, 0.25) is 0 Å². The van der Waals surface area contributed by atoms with Crippen molar-refractivity contribution in [3.05, 3.63) is 64.1 Å². The topological polar surface area (TPSA) is 88.9 Å². The Kier molecular flexibility index (Phi) is 5.81. The molecule has 2 heterocycles. The minimum atomic E-state index is -4.41. The van der Waals surface area contributed by atoms with Crippen molar-refractivity contribution in [2.45, 2.75) is 26.2 Å². The van der Waals surface area contributed by atoms with E-state index >= 15 is 0 Å². The van der Waals surface area contributed by atoms with Gasteiger partial charge in [-0.15, -0.1) is 0 Å². The van der Waals surface area contributed by atoms with Crippen LogP contribution in [0.4, 0.5) is 19.0 Å². The van der Waals surface area contributed by atoms with Crippen LogP contribution in [0, 0.1) is 0 Å². The summed E-state index contributed by atoms with van der Waals surface area (Å²) in [5.74, 6) is 0.170. The first-order valence-corrected chi connectivity index (χ1v) is 8.75. The highest BCUT2D eigenvalue weighted by atomic mass is 19.4. The van der Waals surface area contributed by atoms with Crippen molar-refractivity contribution in [1.29, 1.82) is 0 Å². The Bertz CT molecular complexity index is 1100. The number of carbonyl (C=O) groups excluding carboxylic acids is 1. The smallest absolute Gasteiger partial charge is 0.366 e. The van der Waals surface area contributed by atoms with Crippen molar-refractivity contribution in [2.24, 2.45) is 0 Å².